The summed E-state index contributed by atoms with van der Waals surface area (Å²) in [5, 5.41) is 0.926. The van der Waals surface area contributed by atoms with Crippen LogP contribution < -0.4 is 0 Å². The van der Waals surface area contributed by atoms with E-state index in [1.807, 2.05) is 6.92 Å². The number of alkyl halides is 1. The number of rotatable bonds is 3. The van der Waals surface area contributed by atoms with Crippen LogP contribution in [0.4, 0.5) is 0 Å². The molecule has 3 heteroatoms. The largest absolute Gasteiger partial charge is 0.339 e. The quantitative estimate of drug-likeness (QED) is 0.716. The fourth-order valence-electron chi connectivity index (χ4n) is 1.91. The summed E-state index contributed by atoms with van der Waals surface area (Å²) < 4.78 is 0. The predicted molar refractivity (Wildman–Crippen MR) is 62.6 cm³/mol. The van der Waals surface area contributed by atoms with Crippen LogP contribution >= 0.6 is 15.9 Å². The third kappa shape index (κ3) is 2.72. The van der Waals surface area contributed by atoms with E-state index in [1.54, 1.807) is 0 Å². The number of likely N-dealkylation sites (tertiary alicyclic amines) is 1. The highest BCUT2D eigenvalue weighted by Crippen LogP contribution is 2.21. The van der Waals surface area contributed by atoms with Crippen LogP contribution in [0, 0.1) is 5.92 Å². The van der Waals surface area contributed by atoms with Crippen molar-refractivity contribution in [2.24, 2.45) is 5.92 Å². The van der Waals surface area contributed by atoms with Crippen molar-refractivity contribution in [2.45, 2.75) is 45.6 Å². The number of halogens is 1. The van der Waals surface area contributed by atoms with E-state index in [0.717, 1.165) is 24.7 Å². The molecule has 1 fully saturated rings. The van der Waals surface area contributed by atoms with Gasteiger partial charge in [0.2, 0.25) is 5.91 Å². The molecular weight excluding hydrogens is 242 g/mol. The van der Waals surface area contributed by atoms with Crippen molar-refractivity contribution in [1.29, 1.82) is 0 Å². The topological polar surface area (TPSA) is 20.3 Å². The zero-order chi connectivity index (χ0) is 10.6. The Balaban J connectivity index is 2.58. The first-order valence-electron chi connectivity index (χ1n) is 5.57. The number of amides is 1. The third-order valence-electron chi connectivity index (χ3n) is 3.12. The number of hydrogen-bond acceptors (Lipinski definition) is 1. The molecule has 0 aliphatic carbocycles. The second kappa shape index (κ2) is 5.74. The fourth-order valence-corrected chi connectivity index (χ4v) is 2.58. The van der Waals surface area contributed by atoms with Gasteiger partial charge >= 0.3 is 0 Å². The highest BCUT2D eigenvalue weighted by Gasteiger charge is 2.27. The van der Waals surface area contributed by atoms with Crippen LogP contribution in [0.1, 0.15) is 39.5 Å². The van der Waals surface area contributed by atoms with Gasteiger partial charge in [-0.05, 0) is 25.7 Å². The minimum Gasteiger partial charge on any atom is -0.339 e. The van der Waals surface area contributed by atoms with Crippen LogP contribution in [-0.4, -0.2) is 28.7 Å². The summed E-state index contributed by atoms with van der Waals surface area (Å²) in [4.78, 5) is 14.1. The lowest BCUT2D eigenvalue weighted by molar-refractivity contribution is -0.138. The van der Waals surface area contributed by atoms with Gasteiger partial charge in [-0.3, -0.25) is 4.79 Å². The Labute approximate surface area is 95.2 Å². The van der Waals surface area contributed by atoms with Crippen LogP contribution in [-0.2, 0) is 4.79 Å². The van der Waals surface area contributed by atoms with E-state index < -0.39 is 0 Å². The summed E-state index contributed by atoms with van der Waals surface area (Å²) in [5.74, 6) is 0.534. The molecule has 2 nitrogen and oxygen atoms in total. The Morgan fingerprint density at radius 2 is 2.29 bits per heavy atom. The molecule has 0 spiro atoms. The van der Waals surface area contributed by atoms with Crippen molar-refractivity contribution in [1.82, 2.24) is 4.90 Å². The van der Waals surface area contributed by atoms with Crippen molar-refractivity contribution < 1.29 is 4.79 Å². The van der Waals surface area contributed by atoms with Crippen LogP contribution in [0.25, 0.3) is 0 Å². The normalized spacial score (nSPS) is 24.8. The zero-order valence-corrected chi connectivity index (χ0v) is 10.7. The highest BCUT2D eigenvalue weighted by atomic mass is 79.9. The van der Waals surface area contributed by atoms with Gasteiger partial charge in [0.05, 0.1) is 0 Å². The molecule has 1 aliphatic rings. The summed E-state index contributed by atoms with van der Waals surface area (Å²) in [6.45, 7) is 5.07. The Morgan fingerprint density at radius 1 is 1.57 bits per heavy atom. The maximum Gasteiger partial charge on any atom is 0.225 e. The minimum atomic E-state index is 0.189. The summed E-state index contributed by atoms with van der Waals surface area (Å²) >= 11 is 3.50. The molecule has 14 heavy (non-hydrogen) atoms. The Kier molecular flexibility index (Phi) is 4.93. The van der Waals surface area contributed by atoms with Gasteiger partial charge in [-0.25, -0.2) is 0 Å². The maximum absolute atomic E-state index is 12.0. The molecule has 0 N–H and O–H groups in total. The number of nitrogens with zero attached hydrogens (tertiary/aromatic N) is 1. The lowest BCUT2D eigenvalue weighted by Crippen LogP contribution is -2.46. The van der Waals surface area contributed by atoms with Gasteiger partial charge in [-0.1, -0.05) is 29.8 Å². The Bertz CT molecular complexity index is 196. The molecule has 1 aliphatic heterocycles. The van der Waals surface area contributed by atoms with Gasteiger partial charge in [0.15, 0.2) is 0 Å². The SMILES string of the molecule is CCC(C)C(=O)N1CCCCC1CBr. The average Bonchev–Trinajstić information content (AvgIpc) is 2.26. The number of piperidine rings is 1. The van der Waals surface area contributed by atoms with Crippen molar-refractivity contribution in [3.8, 4) is 0 Å². The molecule has 82 valence electrons. The van der Waals surface area contributed by atoms with E-state index in [0.29, 0.717) is 11.9 Å². The number of carbonyl (C=O) groups excluding carboxylic acids is 1. The van der Waals surface area contributed by atoms with Gasteiger partial charge in [0.1, 0.15) is 0 Å². The van der Waals surface area contributed by atoms with Crippen LogP contribution in [0.15, 0.2) is 0 Å². The van der Waals surface area contributed by atoms with Crippen LogP contribution in [0.2, 0.25) is 0 Å². The highest BCUT2D eigenvalue weighted by molar-refractivity contribution is 9.09. The average molecular weight is 262 g/mol. The molecule has 0 bridgehead atoms. The first-order chi connectivity index (χ1) is 6.70. The van der Waals surface area contributed by atoms with E-state index in [1.165, 1.54) is 12.8 Å². The second-order valence-electron chi connectivity index (χ2n) is 4.14. The molecule has 2 atom stereocenters. The molecule has 2 unspecified atom stereocenters. The van der Waals surface area contributed by atoms with Gasteiger partial charge in [0, 0.05) is 23.8 Å². The fraction of sp³-hybridized carbons (Fsp3) is 0.909. The molecule has 1 heterocycles. The lowest BCUT2D eigenvalue weighted by atomic mass is 10.00. The lowest BCUT2D eigenvalue weighted by Gasteiger charge is -2.36. The van der Waals surface area contributed by atoms with Gasteiger partial charge in [-0.15, -0.1) is 0 Å². The van der Waals surface area contributed by atoms with E-state index >= 15 is 0 Å². The van der Waals surface area contributed by atoms with E-state index in [4.69, 9.17) is 0 Å². The van der Waals surface area contributed by atoms with Gasteiger partial charge in [0.25, 0.3) is 0 Å². The standard InChI is InChI=1S/C11H20BrNO/c1-3-9(2)11(14)13-7-5-4-6-10(13)8-12/h9-10H,3-8H2,1-2H3. The van der Waals surface area contributed by atoms with Crippen molar-refractivity contribution in [2.75, 3.05) is 11.9 Å². The maximum atomic E-state index is 12.0. The molecule has 0 aromatic carbocycles. The van der Waals surface area contributed by atoms with Crippen molar-refractivity contribution >= 4 is 21.8 Å². The summed E-state index contributed by atoms with van der Waals surface area (Å²) in [6.07, 6.45) is 4.55. The van der Waals surface area contributed by atoms with E-state index in [-0.39, 0.29) is 5.92 Å². The van der Waals surface area contributed by atoms with Crippen LogP contribution in [0.3, 0.4) is 0 Å². The molecule has 1 saturated heterocycles. The summed E-state index contributed by atoms with van der Waals surface area (Å²) in [5.41, 5.74) is 0. The van der Waals surface area contributed by atoms with Gasteiger partial charge in [-0.2, -0.15) is 0 Å². The molecule has 1 amide bonds. The second-order valence-corrected chi connectivity index (χ2v) is 4.79. The van der Waals surface area contributed by atoms with Gasteiger partial charge < -0.3 is 4.90 Å². The summed E-state index contributed by atoms with van der Waals surface area (Å²) in [7, 11) is 0. The molecule has 0 aromatic heterocycles. The monoisotopic (exact) mass is 261 g/mol. The molecule has 0 saturated carbocycles. The third-order valence-corrected chi connectivity index (χ3v) is 3.87. The smallest absolute Gasteiger partial charge is 0.225 e. The molecule has 1 rings (SSSR count). The van der Waals surface area contributed by atoms with Crippen molar-refractivity contribution in [3.63, 3.8) is 0 Å². The Morgan fingerprint density at radius 3 is 2.86 bits per heavy atom. The van der Waals surface area contributed by atoms with Crippen LogP contribution in [0.5, 0.6) is 0 Å². The summed E-state index contributed by atoms with van der Waals surface area (Å²) in [6, 6.07) is 0.435. The first-order valence-corrected chi connectivity index (χ1v) is 6.69. The Hall–Kier alpha value is -0.0500. The molecular formula is C11H20BrNO. The number of carbonyl (C=O) groups is 1. The minimum absolute atomic E-state index is 0.189. The molecule has 0 aromatic rings. The first kappa shape index (κ1) is 12.0. The van der Waals surface area contributed by atoms with E-state index in [2.05, 4.69) is 27.8 Å². The zero-order valence-electron chi connectivity index (χ0n) is 9.13. The van der Waals surface area contributed by atoms with E-state index in [9.17, 15) is 4.79 Å². The number of hydrogen-bond donors (Lipinski definition) is 0. The predicted octanol–water partition coefficient (Wildman–Crippen LogP) is 2.81. The van der Waals surface area contributed by atoms with Crippen molar-refractivity contribution in [3.05, 3.63) is 0 Å². The molecule has 0 radical (unpaired) electrons.